The number of anilines is 1. The van der Waals surface area contributed by atoms with E-state index in [0.29, 0.717) is 24.0 Å². The molecule has 2 N–H and O–H groups in total. The average molecular weight is 476 g/mol. The van der Waals surface area contributed by atoms with Gasteiger partial charge in [-0.25, -0.2) is 5.43 Å². The molecule has 0 saturated heterocycles. The lowest BCUT2D eigenvalue weighted by atomic mass is 10.2. The van der Waals surface area contributed by atoms with Crippen LogP contribution in [0.4, 0.5) is 18.9 Å². The Morgan fingerprint density at radius 1 is 0.970 bits per heavy atom. The first-order chi connectivity index (χ1) is 15.7. The van der Waals surface area contributed by atoms with Gasteiger partial charge >= 0.3 is 18.0 Å². The van der Waals surface area contributed by atoms with E-state index >= 15 is 0 Å². The molecule has 0 atom stereocenters. The fourth-order valence-corrected chi connectivity index (χ4v) is 2.78. The standard InChI is InChI=1S/C23H17ClF3N3O3/c24-19-10-9-17(23(25,26)27)12-20(19)29-21(31)22(32)30-28-13-16-7-4-8-18(11-16)33-14-15-5-2-1-3-6-15/h1-13H,14H2,(H,29,31)(H,30,32)/b28-13+. The van der Waals surface area contributed by atoms with Crippen LogP contribution in [0.5, 0.6) is 5.75 Å². The van der Waals surface area contributed by atoms with Crippen molar-refractivity contribution in [2.45, 2.75) is 12.8 Å². The number of hydrogen-bond acceptors (Lipinski definition) is 4. The first-order valence-electron chi connectivity index (χ1n) is 9.50. The van der Waals surface area contributed by atoms with Crippen LogP contribution >= 0.6 is 11.6 Å². The summed E-state index contributed by atoms with van der Waals surface area (Å²) in [5.74, 6) is -1.84. The molecule has 0 unspecified atom stereocenters. The molecule has 0 aliphatic carbocycles. The number of nitrogens with one attached hydrogen (secondary N) is 2. The molecule has 0 fully saturated rings. The summed E-state index contributed by atoms with van der Waals surface area (Å²) in [5, 5.41) is 5.57. The van der Waals surface area contributed by atoms with Crippen molar-refractivity contribution in [3.8, 4) is 5.75 Å². The lowest BCUT2D eigenvalue weighted by Gasteiger charge is -2.11. The molecule has 0 spiro atoms. The minimum Gasteiger partial charge on any atom is -0.489 e. The number of hydrogen-bond donors (Lipinski definition) is 2. The molecule has 0 aliphatic heterocycles. The number of nitrogens with zero attached hydrogens (tertiary/aromatic N) is 1. The molecule has 2 amide bonds. The second-order valence-corrected chi connectivity index (χ2v) is 7.10. The van der Waals surface area contributed by atoms with Crippen LogP contribution in [0.3, 0.4) is 0 Å². The van der Waals surface area contributed by atoms with E-state index in [1.165, 1.54) is 6.21 Å². The quantitative estimate of drug-likeness (QED) is 0.298. The van der Waals surface area contributed by atoms with E-state index < -0.39 is 23.6 Å². The van der Waals surface area contributed by atoms with E-state index in [1.807, 2.05) is 41.1 Å². The highest BCUT2D eigenvalue weighted by Gasteiger charge is 2.31. The van der Waals surface area contributed by atoms with Crippen molar-refractivity contribution in [1.29, 1.82) is 0 Å². The zero-order chi connectivity index (χ0) is 23.8. The summed E-state index contributed by atoms with van der Waals surface area (Å²) in [5.41, 5.74) is 2.22. The third-order valence-electron chi connectivity index (χ3n) is 4.23. The van der Waals surface area contributed by atoms with Crippen molar-refractivity contribution >= 4 is 35.3 Å². The molecule has 33 heavy (non-hydrogen) atoms. The number of halogens is 4. The van der Waals surface area contributed by atoms with Crippen LogP contribution in [0.2, 0.25) is 5.02 Å². The number of alkyl halides is 3. The molecule has 3 aromatic carbocycles. The van der Waals surface area contributed by atoms with Crippen LogP contribution < -0.4 is 15.5 Å². The van der Waals surface area contributed by atoms with E-state index in [2.05, 4.69) is 5.10 Å². The summed E-state index contributed by atoms with van der Waals surface area (Å²) < 4.78 is 44.2. The third-order valence-corrected chi connectivity index (χ3v) is 4.56. The van der Waals surface area contributed by atoms with Crippen molar-refractivity contribution in [2.75, 3.05) is 5.32 Å². The van der Waals surface area contributed by atoms with Gasteiger partial charge in [0.05, 0.1) is 22.5 Å². The zero-order valence-corrected chi connectivity index (χ0v) is 17.7. The zero-order valence-electron chi connectivity index (χ0n) is 16.9. The monoisotopic (exact) mass is 475 g/mol. The predicted octanol–water partition coefficient (Wildman–Crippen LogP) is 5.03. The van der Waals surface area contributed by atoms with E-state index in [-0.39, 0.29) is 10.7 Å². The summed E-state index contributed by atoms with van der Waals surface area (Å²) in [6, 6.07) is 18.8. The Hall–Kier alpha value is -3.85. The minimum absolute atomic E-state index is 0.153. The van der Waals surface area contributed by atoms with Gasteiger partial charge in [-0.15, -0.1) is 0 Å². The van der Waals surface area contributed by atoms with E-state index in [4.69, 9.17) is 16.3 Å². The molecule has 0 bridgehead atoms. The molecule has 0 radical (unpaired) electrons. The first kappa shape index (κ1) is 23.8. The van der Waals surface area contributed by atoms with Gasteiger partial charge in [-0.1, -0.05) is 54.1 Å². The third kappa shape index (κ3) is 7.08. The van der Waals surface area contributed by atoms with Gasteiger partial charge in [0.1, 0.15) is 12.4 Å². The summed E-state index contributed by atoms with van der Waals surface area (Å²) in [6.07, 6.45) is -3.34. The Balaban J connectivity index is 1.56. The molecule has 10 heteroatoms. The highest BCUT2D eigenvalue weighted by Crippen LogP contribution is 2.33. The Labute approximate surface area is 192 Å². The Bertz CT molecular complexity index is 1170. The van der Waals surface area contributed by atoms with Gasteiger partial charge in [-0.3, -0.25) is 9.59 Å². The highest BCUT2D eigenvalue weighted by atomic mass is 35.5. The van der Waals surface area contributed by atoms with Crippen LogP contribution in [-0.4, -0.2) is 18.0 Å². The lowest BCUT2D eigenvalue weighted by molar-refractivity contribution is -0.137. The van der Waals surface area contributed by atoms with Gasteiger partial charge < -0.3 is 10.1 Å². The SMILES string of the molecule is O=C(N/N=C/c1cccc(OCc2ccccc2)c1)C(=O)Nc1cc(C(F)(F)F)ccc1Cl. The number of amides is 2. The van der Waals surface area contributed by atoms with Crippen LogP contribution in [0.1, 0.15) is 16.7 Å². The van der Waals surface area contributed by atoms with Gasteiger partial charge in [0, 0.05) is 0 Å². The second-order valence-electron chi connectivity index (χ2n) is 6.69. The summed E-state index contributed by atoms with van der Waals surface area (Å²) in [6.45, 7) is 0.371. The maximum atomic E-state index is 12.8. The highest BCUT2D eigenvalue weighted by molar-refractivity contribution is 6.41. The van der Waals surface area contributed by atoms with Crippen molar-refractivity contribution in [2.24, 2.45) is 5.10 Å². The van der Waals surface area contributed by atoms with Gasteiger partial charge in [0.2, 0.25) is 0 Å². The van der Waals surface area contributed by atoms with Gasteiger partial charge in [0.25, 0.3) is 0 Å². The number of rotatable bonds is 6. The Kier molecular flexibility index (Phi) is 7.68. The normalized spacial score (nSPS) is 11.3. The largest absolute Gasteiger partial charge is 0.489 e. The number of ether oxygens (including phenoxy) is 1. The van der Waals surface area contributed by atoms with E-state index in [0.717, 1.165) is 17.7 Å². The summed E-state index contributed by atoms with van der Waals surface area (Å²) in [4.78, 5) is 23.9. The number of benzene rings is 3. The molecular formula is C23H17ClF3N3O3. The van der Waals surface area contributed by atoms with Crippen LogP contribution in [0.25, 0.3) is 0 Å². The van der Waals surface area contributed by atoms with Crippen molar-refractivity contribution in [3.63, 3.8) is 0 Å². The molecule has 0 aromatic heterocycles. The molecular weight excluding hydrogens is 459 g/mol. The number of carbonyl (C=O) groups is 2. The van der Waals surface area contributed by atoms with Gasteiger partial charge in [-0.2, -0.15) is 18.3 Å². The maximum Gasteiger partial charge on any atom is 0.416 e. The molecule has 3 rings (SSSR count). The Morgan fingerprint density at radius 2 is 1.73 bits per heavy atom. The summed E-state index contributed by atoms with van der Waals surface area (Å²) >= 11 is 5.80. The van der Waals surface area contributed by atoms with Gasteiger partial charge in [-0.05, 0) is 41.5 Å². The van der Waals surface area contributed by atoms with Crippen LogP contribution in [0.15, 0.2) is 77.9 Å². The van der Waals surface area contributed by atoms with Gasteiger partial charge in [0.15, 0.2) is 0 Å². The molecule has 0 saturated carbocycles. The van der Waals surface area contributed by atoms with Crippen molar-refractivity contribution in [1.82, 2.24) is 5.43 Å². The average Bonchev–Trinajstić information content (AvgIpc) is 2.79. The Morgan fingerprint density at radius 3 is 2.45 bits per heavy atom. The number of hydrazone groups is 1. The smallest absolute Gasteiger partial charge is 0.416 e. The van der Waals surface area contributed by atoms with E-state index in [9.17, 15) is 22.8 Å². The van der Waals surface area contributed by atoms with Crippen LogP contribution in [0, 0.1) is 0 Å². The molecule has 3 aromatic rings. The van der Waals surface area contributed by atoms with Crippen molar-refractivity contribution < 1.29 is 27.5 Å². The van der Waals surface area contributed by atoms with Crippen molar-refractivity contribution in [3.05, 3.63) is 94.5 Å². The fourth-order valence-electron chi connectivity index (χ4n) is 2.62. The fraction of sp³-hybridized carbons (Fsp3) is 0.0870. The summed E-state index contributed by atoms with van der Waals surface area (Å²) in [7, 11) is 0. The van der Waals surface area contributed by atoms with Crippen LogP contribution in [-0.2, 0) is 22.4 Å². The first-order valence-corrected chi connectivity index (χ1v) is 9.88. The second kappa shape index (κ2) is 10.6. The molecule has 6 nitrogen and oxygen atoms in total. The predicted molar refractivity (Wildman–Crippen MR) is 118 cm³/mol. The minimum atomic E-state index is -4.63. The topological polar surface area (TPSA) is 79.8 Å². The molecule has 0 heterocycles. The molecule has 0 aliphatic rings. The lowest BCUT2D eigenvalue weighted by Crippen LogP contribution is -2.32. The molecule has 170 valence electrons. The van der Waals surface area contributed by atoms with E-state index in [1.54, 1.807) is 24.3 Å². The maximum absolute atomic E-state index is 12.8. The number of carbonyl (C=O) groups excluding carboxylic acids is 2.